The molecule has 0 unspecified atom stereocenters. The number of carbonyl (C=O) groups is 1. The van der Waals surface area contributed by atoms with Gasteiger partial charge in [0, 0.05) is 13.5 Å². The quantitative estimate of drug-likeness (QED) is 0.877. The van der Waals surface area contributed by atoms with Crippen LogP contribution < -0.4 is 5.32 Å². The van der Waals surface area contributed by atoms with E-state index < -0.39 is 17.8 Å². The van der Waals surface area contributed by atoms with Crippen molar-refractivity contribution >= 4 is 33.9 Å². The van der Waals surface area contributed by atoms with Crippen molar-refractivity contribution in [3.05, 3.63) is 10.2 Å². The van der Waals surface area contributed by atoms with Crippen molar-refractivity contribution in [1.29, 1.82) is 0 Å². The van der Waals surface area contributed by atoms with Gasteiger partial charge in [-0.3, -0.25) is 4.79 Å². The van der Waals surface area contributed by atoms with E-state index in [1.807, 2.05) is 0 Å². The molecule has 0 atom stereocenters. The lowest BCUT2D eigenvalue weighted by Crippen LogP contribution is -2.09. The molecule has 1 heterocycles. The van der Waals surface area contributed by atoms with Gasteiger partial charge in [-0.15, -0.1) is 0 Å². The van der Waals surface area contributed by atoms with Gasteiger partial charge in [-0.2, -0.15) is 13.2 Å². The summed E-state index contributed by atoms with van der Waals surface area (Å²) in [5.41, 5.74) is -0.940. The number of hydrogen-bond acceptors (Lipinski definition) is 4. The molecule has 0 aliphatic carbocycles. The highest BCUT2D eigenvalue weighted by Crippen LogP contribution is 2.39. The van der Waals surface area contributed by atoms with Crippen LogP contribution in [0.1, 0.15) is 19.5 Å². The third kappa shape index (κ3) is 6.32. The predicted octanol–water partition coefficient (Wildman–Crippen LogP) is 3.34. The molecule has 1 aromatic heterocycles. The summed E-state index contributed by atoms with van der Waals surface area (Å²) < 4.78 is 36.6. The molecule has 0 saturated heterocycles. The Balaban J connectivity index is 0.000000557. The monoisotopic (exact) mass is 290 g/mol. The van der Waals surface area contributed by atoms with E-state index in [1.165, 1.54) is 0 Å². The molecule has 0 radical (unpaired) electrons. The Bertz CT molecular complexity index is 377. The van der Waals surface area contributed by atoms with Crippen LogP contribution in [0.5, 0.6) is 0 Å². The molecule has 1 rings (SSSR count). The highest BCUT2D eigenvalue weighted by atomic mass is 35.5. The Hall–Kier alpha value is -1.02. The van der Waals surface area contributed by atoms with Gasteiger partial charge in [0.15, 0.2) is 10.2 Å². The van der Waals surface area contributed by atoms with E-state index in [0.29, 0.717) is 6.54 Å². The van der Waals surface area contributed by atoms with Crippen LogP contribution in [0.25, 0.3) is 0 Å². The summed E-state index contributed by atoms with van der Waals surface area (Å²) in [7, 11) is 0. The van der Waals surface area contributed by atoms with E-state index in [0.717, 1.165) is 18.3 Å². The summed E-state index contributed by atoms with van der Waals surface area (Å²) in [6.07, 6.45) is -4.44. The van der Waals surface area contributed by atoms with Crippen molar-refractivity contribution in [1.82, 2.24) is 4.98 Å². The van der Waals surface area contributed by atoms with E-state index in [-0.39, 0.29) is 9.47 Å². The molecular weight excluding hydrogens is 281 g/mol. The standard InChI is InChI=1S/C6H6ClF3N2S.C2H4O2/c1-2-11-4-3(6(8,9)10)12-5(7)13-4;1-2(3)4/h11H,2H2,1H3;1H3,(H,3,4). The maximum Gasteiger partial charge on any atom is 0.436 e. The number of anilines is 1. The van der Waals surface area contributed by atoms with Crippen molar-refractivity contribution in [2.75, 3.05) is 11.9 Å². The Morgan fingerprint density at radius 3 is 2.41 bits per heavy atom. The zero-order chi connectivity index (χ0) is 13.6. The van der Waals surface area contributed by atoms with Gasteiger partial charge in [-0.25, -0.2) is 4.98 Å². The molecule has 4 nitrogen and oxygen atoms in total. The number of halogens is 4. The molecule has 0 aliphatic heterocycles. The average molecular weight is 291 g/mol. The second kappa shape index (κ2) is 6.65. The number of thiazole rings is 1. The first kappa shape index (κ1) is 16.0. The van der Waals surface area contributed by atoms with Gasteiger partial charge in [0.05, 0.1) is 0 Å². The summed E-state index contributed by atoms with van der Waals surface area (Å²) in [6, 6.07) is 0. The fourth-order valence-corrected chi connectivity index (χ4v) is 1.86. The molecule has 0 fully saturated rings. The zero-order valence-electron chi connectivity index (χ0n) is 8.93. The molecule has 0 amide bonds. The zero-order valence-corrected chi connectivity index (χ0v) is 10.5. The lowest BCUT2D eigenvalue weighted by Gasteiger charge is -2.05. The maximum atomic E-state index is 12.2. The fourth-order valence-electron chi connectivity index (χ4n) is 0.767. The van der Waals surface area contributed by atoms with Crippen LogP contribution in [-0.4, -0.2) is 22.6 Å². The van der Waals surface area contributed by atoms with Gasteiger partial charge in [0.1, 0.15) is 5.00 Å². The third-order valence-corrected chi connectivity index (χ3v) is 2.32. The normalized spacial score (nSPS) is 10.5. The van der Waals surface area contributed by atoms with Crippen LogP contribution in [0, 0.1) is 0 Å². The van der Waals surface area contributed by atoms with Crippen molar-refractivity contribution < 1.29 is 23.1 Å². The van der Waals surface area contributed by atoms with Gasteiger partial charge >= 0.3 is 6.18 Å². The SMILES string of the molecule is CC(=O)O.CCNc1sc(Cl)nc1C(F)(F)F. The number of rotatable bonds is 2. The Morgan fingerprint density at radius 1 is 1.59 bits per heavy atom. The summed E-state index contributed by atoms with van der Waals surface area (Å²) >= 11 is 6.16. The molecule has 98 valence electrons. The van der Waals surface area contributed by atoms with Gasteiger partial charge < -0.3 is 10.4 Å². The lowest BCUT2D eigenvalue weighted by molar-refractivity contribution is -0.140. The molecule has 0 aromatic carbocycles. The summed E-state index contributed by atoms with van der Waals surface area (Å²) in [5, 5.41) is 9.94. The first-order chi connectivity index (χ1) is 7.68. The number of aliphatic carboxylic acids is 1. The van der Waals surface area contributed by atoms with Gasteiger partial charge in [0.2, 0.25) is 0 Å². The maximum absolute atomic E-state index is 12.2. The highest BCUT2D eigenvalue weighted by Gasteiger charge is 2.37. The van der Waals surface area contributed by atoms with Crippen LogP contribution in [0.4, 0.5) is 18.2 Å². The fraction of sp³-hybridized carbons (Fsp3) is 0.500. The van der Waals surface area contributed by atoms with Crippen LogP contribution >= 0.6 is 22.9 Å². The number of nitrogens with one attached hydrogen (secondary N) is 1. The minimum Gasteiger partial charge on any atom is -0.481 e. The first-order valence-corrected chi connectivity index (χ1v) is 5.54. The largest absolute Gasteiger partial charge is 0.481 e. The van der Waals surface area contributed by atoms with Crippen LogP contribution in [0.2, 0.25) is 4.47 Å². The van der Waals surface area contributed by atoms with Gasteiger partial charge in [-0.1, -0.05) is 22.9 Å². The van der Waals surface area contributed by atoms with Gasteiger partial charge in [-0.05, 0) is 6.92 Å². The van der Waals surface area contributed by atoms with Gasteiger partial charge in [0.25, 0.3) is 5.97 Å². The smallest absolute Gasteiger partial charge is 0.436 e. The molecule has 2 N–H and O–H groups in total. The molecule has 9 heteroatoms. The molecule has 0 spiro atoms. The number of alkyl halides is 3. The van der Waals surface area contributed by atoms with E-state index >= 15 is 0 Å². The molecule has 0 aliphatic rings. The highest BCUT2D eigenvalue weighted by molar-refractivity contribution is 7.19. The van der Waals surface area contributed by atoms with E-state index in [1.54, 1.807) is 6.92 Å². The van der Waals surface area contributed by atoms with Crippen LogP contribution in [0.15, 0.2) is 0 Å². The second-order valence-corrected chi connectivity index (χ2v) is 4.27. The Morgan fingerprint density at radius 2 is 2.06 bits per heavy atom. The summed E-state index contributed by atoms with van der Waals surface area (Å²) in [5.74, 6) is -0.833. The van der Waals surface area contributed by atoms with Crippen molar-refractivity contribution in [3.63, 3.8) is 0 Å². The topological polar surface area (TPSA) is 62.2 Å². The van der Waals surface area contributed by atoms with Crippen LogP contribution in [0.3, 0.4) is 0 Å². The predicted molar refractivity (Wildman–Crippen MR) is 59.6 cm³/mol. The van der Waals surface area contributed by atoms with Crippen molar-refractivity contribution in [3.8, 4) is 0 Å². The second-order valence-electron chi connectivity index (χ2n) is 2.69. The molecule has 17 heavy (non-hydrogen) atoms. The number of aromatic nitrogens is 1. The van der Waals surface area contributed by atoms with E-state index in [2.05, 4.69) is 10.3 Å². The van der Waals surface area contributed by atoms with E-state index in [9.17, 15) is 13.2 Å². The minimum absolute atomic E-state index is 0.0278. The number of nitrogens with zero attached hydrogens (tertiary/aromatic N) is 1. The Labute approximate surface area is 104 Å². The molecule has 0 saturated carbocycles. The summed E-state index contributed by atoms with van der Waals surface area (Å²) in [6.45, 7) is 3.19. The number of carboxylic acids is 1. The molecular formula is C8H10ClF3N2O2S. The number of hydrogen-bond donors (Lipinski definition) is 2. The molecule has 1 aromatic rings. The van der Waals surface area contributed by atoms with E-state index in [4.69, 9.17) is 21.5 Å². The van der Waals surface area contributed by atoms with Crippen molar-refractivity contribution in [2.24, 2.45) is 0 Å². The number of carboxylic acid groups (broad SMARTS) is 1. The van der Waals surface area contributed by atoms with Crippen LogP contribution in [-0.2, 0) is 11.0 Å². The Kier molecular flexibility index (Phi) is 6.25. The average Bonchev–Trinajstić information content (AvgIpc) is 2.45. The molecule has 0 bridgehead atoms. The minimum atomic E-state index is -4.44. The first-order valence-electron chi connectivity index (χ1n) is 4.35. The third-order valence-electron chi connectivity index (χ3n) is 1.21. The summed E-state index contributed by atoms with van der Waals surface area (Å²) in [4.78, 5) is 12.2. The van der Waals surface area contributed by atoms with Crippen molar-refractivity contribution in [2.45, 2.75) is 20.0 Å². The lowest BCUT2D eigenvalue weighted by atomic mass is 10.4.